The first-order chi connectivity index (χ1) is 14.6. The highest BCUT2D eigenvalue weighted by Gasteiger charge is 2.05. The maximum Gasteiger partial charge on any atom is 0.0636 e. The Morgan fingerprint density at radius 1 is 0.733 bits per heavy atom. The molecule has 2 nitrogen and oxygen atoms in total. The van der Waals surface area contributed by atoms with Crippen LogP contribution in [0.1, 0.15) is 88.0 Å². The molecule has 30 heavy (non-hydrogen) atoms. The van der Waals surface area contributed by atoms with Crippen molar-refractivity contribution in [3.8, 4) is 0 Å². The molecule has 0 atom stereocenters. The van der Waals surface area contributed by atoms with Gasteiger partial charge in [-0.1, -0.05) is 65.0 Å². The fraction of sp³-hybridized carbons (Fsp3) is 0.500. The molecule has 2 rings (SSSR count). The van der Waals surface area contributed by atoms with E-state index in [4.69, 9.17) is 9.98 Å². The maximum atomic E-state index is 5.02. The molecule has 0 aliphatic rings. The molecule has 0 N–H and O–H groups in total. The summed E-state index contributed by atoms with van der Waals surface area (Å²) >= 11 is 0. The van der Waals surface area contributed by atoms with Crippen molar-refractivity contribution in [2.45, 2.75) is 92.4 Å². The number of unbranched alkanes of at least 4 members (excludes halogenated alkanes) is 3. The lowest BCUT2D eigenvalue weighted by atomic mass is 9.99. The highest BCUT2D eigenvalue weighted by molar-refractivity contribution is 6.31. The molecule has 0 radical (unpaired) electrons. The lowest BCUT2D eigenvalue weighted by Gasteiger charge is -2.10. The molecule has 0 saturated carbocycles. The van der Waals surface area contributed by atoms with E-state index in [2.05, 4.69) is 71.0 Å². The van der Waals surface area contributed by atoms with Crippen molar-refractivity contribution in [3.63, 3.8) is 0 Å². The van der Waals surface area contributed by atoms with Crippen LogP contribution in [0, 0.1) is 13.8 Å². The SMILES string of the molecule is CCCCCCC(C=Nc1ccc(C)c(C)c1)=Nc1ccc(CCC)c(CCC)c1. The summed E-state index contributed by atoms with van der Waals surface area (Å²) in [7, 11) is 0. The molecular formula is C28H40N2. The Hall–Kier alpha value is -2.22. The van der Waals surface area contributed by atoms with E-state index in [-0.39, 0.29) is 0 Å². The van der Waals surface area contributed by atoms with Crippen molar-refractivity contribution in [2.75, 3.05) is 0 Å². The van der Waals surface area contributed by atoms with E-state index in [1.54, 1.807) is 0 Å². The second kappa shape index (κ2) is 13.2. The molecule has 2 heteroatoms. The normalized spacial score (nSPS) is 12.1. The lowest BCUT2D eigenvalue weighted by Crippen LogP contribution is -2.00. The summed E-state index contributed by atoms with van der Waals surface area (Å²) in [6, 6.07) is 13.1. The Morgan fingerprint density at radius 3 is 2.17 bits per heavy atom. The van der Waals surface area contributed by atoms with Crippen molar-refractivity contribution < 1.29 is 0 Å². The van der Waals surface area contributed by atoms with Gasteiger partial charge in [0.15, 0.2) is 0 Å². The van der Waals surface area contributed by atoms with Crippen LogP contribution in [0.5, 0.6) is 0 Å². The fourth-order valence-electron chi connectivity index (χ4n) is 3.70. The third-order valence-corrected chi connectivity index (χ3v) is 5.64. The molecular weight excluding hydrogens is 364 g/mol. The van der Waals surface area contributed by atoms with E-state index in [9.17, 15) is 0 Å². The fourth-order valence-corrected chi connectivity index (χ4v) is 3.70. The van der Waals surface area contributed by atoms with Crippen LogP contribution in [-0.2, 0) is 12.8 Å². The van der Waals surface area contributed by atoms with Gasteiger partial charge in [-0.15, -0.1) is 0 Å². The molecule has 162 valence electrons. The predicted octanol–water partition coefficient (Wildman–Crippen LogP) is 8.65. The van der Waals surface area contributed by atoms with Gasteiger partial charge in [0.25, 0.3) is 0 Å². The zero-order valence-corrected chi connectivity index (χ0v) is 19.8. The minimum atomic E-state index is 0.980. The molecule has 0 heterocycles. The highest BCUT2D eigenvalue weighted by Crippen LogP contribution is 2.22. The van der Waals surface area contributed by atoms with Crippen molar-refractivity contribution in [1.29, 1.82) is 0 Å². The molecule has 0 aliphatic carbocycles. The first-order valence-electron chi connectivity index (χ1n) is 11.9. The number of benzene rings is 2. The van der Waals surface area contributed by atoms with Gasteiger partial charge in [0.1, 0.15) is 0 Å². The van der Waals surface area contributed by atoms with Crippen LogP contribution < -0.4 is 0 Å². The molecule has 2 aromatic carbocycles. The summed E-state index contributed by atoms with van der Waals surface area (Å²) in [5.74, 6) is 0. The second-order valence-electron chi connectivity index (χ2n) is 8.39. The minimum Gasteiger partial charge on any atom is -0.255 e. The predicted molar refractivity (Wildman–Crippen MR) is 134 cm³/mol. The zero-order valence-electron chi connectivity index (χ0n) is 19.8. The Labute approximate surface area is 184 Å². The Bertz CT molecular complexity index is 846. The van der Waals surface area contributed by atoms with Crippen LogP contribution in [0.3, 0.4) is 0 Å². The number of hydrogen-bond donors (Lipinski definition) is 0. The molecule has 0 fully saturated rings. The van der Waals surface area contributed by atoms with E-state index >= 15 is 0 Å². The third-order valence-electron chi connectivity index (χ3n) is 5.64. The van der Waals surface area contributed by atoms with E-state index in [1.807, 2.05) is 6.21 Å². The third kappa shape index (κ3) is 7.89. The van der Waals surface area contributed by atoms with Crippen molar-refractivity contribution in [2.24, 2.45) is 9.98 Å². The Morgan fingerprint density at radius 2 is 1.47 bits per heavy atom. The lowest BCUT2D eigenvalue weighted by molar-refractivity contribution is 0.684. The van der Waals surface area contributed by atoms with Crippen molar-refractivity contribution in [1.82, 2.24) is 0 Å². The first-order valence-corrected chi connectivity index (χ1v) is 11.9. The Balaban J connectivity index is 2.28. The summed E-state index contributed by atoms with van der Waals surface area (Å²) < 4.78 is 0. The smallest absolute Gasteiger partial charge is 0.0636 e. The number of nitrogens with zero attached hydrogens (tertiary/aromatic N) is 2. The largest absolute Gasteiger partial charge is 0.255 e. The quantitative estimate of drug-likeness (QED) is 0.250. The standard InChI is InChI=1S/C28H40N2/c1-6-9-10-11-14-28(21-29-26-17-15-22(4)23(5)19-26)30-27-18-16-24(12-7-2)25(20-27)13-8-3/h15-21H,6-14H2,1-5H3. The van der Waals surface area contributed by atoms with Crippen LogP contribution in [-0.4, -0.2) is 11.9 Å². The van der Waals surface area contributed by atoms with Gasteiger partial charge in [-0.25, -0.2) is 0 Å². The maximum absolute atomic E-state index is 5.02. The molecule has 0 unspecified atom stereocenters. The van der Waals surface area contributed by atoms with E-state index < -0.39 is 0 Å². The van der Waals surface area contributed by atoms with Crippen LogP contribution in [0.15, 0.2) is 46.4 Å². The Kier molecular flexibility index (Phi) is 10.5. The van der Waals surface area contributed by atoms with Crippen molar-refractivity contribution >= 4 is 23.3 Å². The van der Waals surface area contributed by atoms with E-state index in [0.717, 1.165) is 36.3 Å². The van der Waals surface area contributed by atoms with Gasteiger partial charge in [-0.3, -0.25) is 9.98 Å². The summed E-state index contributed by atoms with van der Waals surface area (Å²) in [4.78, 5) is 9.78. The van der Waals surface area contributed by atoms with E-state index in [0.29, 0.717) is 0 Å². The molecule has 0 spiro atoms. The number of rotatable bonds is 12. The molecule has 0 saturated heterocycles. The molecule has 0 aromatic heterocycles. The summed E-state index contributed by atoms with van der Waals surface area (Å²) in [5.41, 5.74) is 8.66. The molecule has 0 aliphatic heterocycles. The second-order valence-corrected chi connectivity index (χ2v) is 8.39. The van der Waals surface area contributed by atoms with Gasteiger partial charge in [-0.2, -0.15) is 0 Å². The van der Waals surface area contributed by atoms with Gasteiger partial charge in [0.2, 0.25) is 0 Å². The highest BCUT2D eigenvalue weighted by atomic mass is 14.8. The summed E-state index contributed by atoms with van der Waals surface area (Å²) in [6.07, 6.45) is 12.6. The topological polar surface area (TPSA) is 24.7 Å². The molecule has 2 aromatic rings. The van der Waals surface area contributed by atoms with Gasteiger partial charge in [0.05, 0.1) is 17.1 Å². The van der Waals surface area contributed by atoms with Crippen LogP contribution in [0.2, 0.25) is 0 Å². The van der Waals surface area contributed by atoms with Gasteiger partial charge in [0, 0.05) is 6.21 Å². The minimum absolute atomic E-state index is 0.980. The van der Waals surface area contributed by atoms with Crippen molar-refractivity contribution in [3.05, 3.63) is 58.7 Å². The van der Waals surface area contributed by atoms with Crippen LogP contribution >= 0.6 is 0 Å². The molecule has 0 bridgehead atoms. The average molecular weight is 405 g/mol. The zero-order chi connectivity index (χ0) is 21.8. The average Bonchev–Trinajstić information content (AvgIpc) is 2.73. The van der Waals surface area contributed by atoms with Gasteiger partial charge < -0.3 is 0 Å². The van der Waals surface area contributed by atoms with Crippen LogP contribution in [0.25, 0.3) is 0 Å². The number of hydrogen-bond acceptors (Lipinski definition) is 2. The number of aryl methyl sites for hydroxylation is 4. The monoisotopic (exact) mass is 404 g/mol. The number of aliphatic imine (C=N–C) groups is 2. The van der Waals surface area contributed by atoms with E-state index in [1.165, 1.54) is 60.8 Å². The van der Waals surface area contributed by atoms with Gasteiger partial charge in [-0.05, 0) is 86.1 Å². The molecule has 0 amide bonds. The van der Waals surface area contributed by atoms with Gasteiger partial charge >= 0.3 is 0 Å². The summed E-state index contributed by atoms with van der Waals surface area (Å²) in [6.45, 7) is 11.0. The van der Waals surface area contributed by atoms with Crippen LogP contribution in [0.4, 0.5) is 11.4 Å². The first kappa shape index (κ1) is 24.1. The summed E-state index contributed by atoms with van der Waals surface area (Å²) in [5, 5.41) is 0.